The van der Waals surface area contributed by atoms with Gasteiger partial charge >= 0.3 is 18.1 Å². The Balaban J connectivity index is 1.09. The second-order valence-corrected chi connectivity index (χ2v) is 16.2. The van der Waals surface area contributed by atoms with E-state index in [9.17, 15) is 31.9 Å². The van der Waals surface area contributed by atoms with Crippen molar-refractivity contribution in [1.29, 1.82) is 0 Å². The summed E-state index contributed by atoms with van der Waals surface area (Å²) in [6.45, 7) is 5.77. The zero-order valence-corrected chi connectivity index (χ0v) is 28.5. The van der Waals surface area contributed by atoms with Gasteiger partial charge in [-0.3, -0.25) is 4.79 Å². The number of carbonyl (C=O) groups is 1. The molecule has 1 aromatic carbocycles. The number of rotatable bonds is 15. The first-order valence-electron chi connectivity index (χ1n) is 17.4. The predicted molar refractivity (Wildman–Crippen MR) is 172 cm³/mol. The highest BCUT2D eigenvalue weighted by Gasteiger charge is 2.71. The highest BCUT2D eigenvalue weighted by Crippen LogP contribution is 2.76. The minimum Gasteiger partial charge on any atom is -0.427 e. The molecule has 0 saturated heterocycles. The molecular formula is C36H52F5NO3S. The second-order valence-electron chi connectivity index (χ2n) is 15.0. The summed E-state index contributed by atoms with van der Waals surface area (Å²) in [6, 6.07) is 6.24. The Kier molecular flexibility index (Phi) is 11.1. The van der Waals surface area contributed by atoms with Crippen LogP contribution in [0.5, 0.6) is 5.75 Å². The number of ether oxygens (including phenoxy) is 1. The van der Waals surface area contributed by atoms with Gasteiger partial charge < -0.3 is 14.7 Å². The van der Waals surface area contributed by atoms with Crippen LogP contribution < -0.4 is 4.74 Å². The van der Waals surface area contributed by atoms with Gasteiger partial charge in [0.25, 0.3) is 0 Å². The van der Waals surface area contributed by atoms with E-state index in [1.54, 1.807) is 0 Å². The zero-order chi connectivity index (χ0) is 33.3. The molecular weight excluding hydrogens is 621 g/mol. The number of thioether (sulfide) groups is 1. The number of carbonyl (C=O) groups excluding carboxylic acids is 1. The van der Waals surface area contributed by atoms with E-state index in [4.69, 9.17) is 4.74 Å². The molecule has 3 unspecified atom stereocenters. The van der Waals surface area contributed by atoms with Crippen molar-refractivity contribution in [2.45, 2.75) is 121 Å². The van der Waals surface area contributed by atoms with Crippen LogP contribution in [0.4, 0.5) is 22.0 Å². The fourth-order valence-electron chi connectivity index (χ4n) is 9.70. The molecule has 4 aliphatic carbocycles. The van der Waals surface area contributed by atoms with Crippen molar-refractivity contribution >= 4 is 17.7 Å². The Morgan fingerprint density at radius 1 is 1.04 bits per heavy atom. The maximum atomic E-state index is 13.0. The monoisotopic (exact) mass is 673 g/mol. The molecule has 0 radical (unpaired) electrons. The molecule has 6 atom stereocenters. The Morgan fingerprint density at radius 3 is 2.46 bits per heavy atom. The van der Waals surface area contributed by atoms with E-state index in [2.05, 4.69) is 31.0 Å². The van der Waals surface area contributed by atoms with Crippen LogP contribution in [0.2, 0.25) is 0 Å². The Labute approximate surface area is 275 Å². The Bertz CT molecular complexity index is 1210. The summed E-state index contributed by atoms with van der Waals surface area (Å²) in [5.41, 5.74) is 3.10. The molecule has 0 amide bonds. The summed E-state index contributed by atoms with van der Waals surface area (Å²) >= 11 is 1.44. The minimum absolute atomic E-state index is 0.136. The molecule has 1 spiro atoms. The van der Waals surface area contributed by atoms with E-state index in [1.165, 1.54) is 49.1 Å². The lowest BCUT2D eigenvalue weighted by atomic mass is 9.50. The van der Waals surface area contributed by atoms with Crippen LogP contribution >= 0.6 is 11.8 Å². The molecule has 0 bridgehead atoms. The molecule has 1 N–H and O–H groups in total. The number of aliphatic hydroxyl groups excluding tert-OH is 1. The van der Waals surface area contributed by atoms with Crippen molar-refractivity contribution in [2.24, 2.45) is 28.6 Å². The van der Waals surface area contributed by atoms with Crippen LogP contribution in [-0.4, -0.2) is 65.8 Å². The summed E-state index contributed by atoms with van der Waals surface area (Å²) in [4.78, 5) is 13.9. The number of hydrogen-bond acceptors (Lipinski definition) is 5. The van der Waals surface area contributed by atoms with Crippen molar-refractivity contribution in [2.75, 3.05) is 31.6 Å². The molecule has 4 nitrogen and oxygen atoms in total. The van der Waals surface area contributed by atoms with Gasteiger partial charge in [-0.25, -0.2) is 0 Å². The number of unbranched alkanes of at least 4 members (excludes halogenated alkanes) is 2. The van der Waals surface area contributed by atoms with Gasteiger partial charge in [0.1, 0.15) is 5.75 Å². The topological polar surface area (TPSA) is 49.8 Å². The van der Waals surface area contributed by atoms with E-state index in [0.717, 1.165) is 70.2 Å². The number of aliphatic hydroxyl groups is 1. The Hall–Kier alpha value is -1.39. The van der Waals surface area contributed by atoms with Gasteiger partial charge in [-0.1, -0.05) is 25.8 Å². The smallest absolute Gasteiger partial charge is 0.427 e. The molecule has 0 aromatic heterocycles. The summed E-state index contributed by atoms with van der Waals surface area (Å²) in [6.07, 6.45) is 5.07. The maximum absolute atomic E-state index is 13.0. The second kappa shape index (κ2) is 14.2. The van der Waals surface area contributed by atoms with E-state index in [0.29, 0.717) is 35.2 Å². The molecule has 46 heavy (non-hydrogen) atoms. The lowest BCUT2D eigenvalue weighted by Gasteiger charge is -2.54. The van der Waals surface area contributed by atoms with E-state index in [1.807, 2.05) is 6.07 Å². The van der Waals surface area contributed by atoms with Gasteiger partial charge in [0.05, 0.1) is 6.10 Å². The summed E-state index contributed by atoms with van der Waals surface area (Å²) in [7, 11) is 2.08. The van der Waals surface area contributed by atoms with Gasteiger partial charge in [-0.2, -0.15) is 33.7 Å². The van der Waals surface area contributed by atoms with Crippen molar-refractivity contribution < 1.29 is 36.6 Å². The molecule has 4 aliphatic rings. The number of benzene rings is 1. The van der Waals surface area contributed by atoms with Crippen LogP contribution in [-0.2, 0) is 11.2 Å². The van der Waals surface area contributed by atoms with Crippen molar-refractivity contribution in [1.82, 2.24) is 4.90 Å². The van der Waals surface area contributed by atoms with E-state index in [-0.39, 0.29) is 29.3 Å². The van der Waals surface area contributed by atoms with Gasteiger partial charge in [-0.15, -0.1) is 0 Å². The molecule has 1 aromatic rings. The maximum Gasteiger partial charge on any atom is 0.453 e. The summed E-state index contributed by atoms with van der Waals surface area (Å²) in [5, 5.41) is 11.3. The fraction of sp³-hybridized carbons (Fsp3) is 0.806. The third-order valence-electron chi connectivity index (χ3n) is 12.2. The lowest BCUT2D eigenvalue weighted by molar-refractivity contribution is -0.284. The van der Waals surface area contributed by atoms with Crippen LogP contribution in [0.3, 0.4) is 0 Å². The average Bonchev–Trinajstić information content (AvgIpc) is 3.76. The summed E-state index contributed by atoms with van der Waals surface area (Å²) < 4.78 is 68.3. The molecule has 5 rings (SSSR count). The molecule has 260 valence electrons. The fourth-order valence-corrected chi connectivity index (χ4v) is 10.6. The Morgan fingerprint density at radius 2 is 1.76 bits per heavy atom. The molecule has 10 heteroatoms. The standard InChI is InChI=1S/C36H52F5NO3S/c1-24(43)45-27-10-11-28-26(22-27)21-25(32-29(28)12-14-33(2)30(32)23-31(44)34(33)15-16-34)9-5-4-6-17-42(3)18-8-20-46-19-7-13-35(37,38)36(39,40)41/h10-11,22,25,29-32,44H,4-9,12-21,23H2,1-3H3/t25-,29?,30?,31-,32?,33+/m1/s1. The SMILES string of the molecule is CC(=O)Oc1ccc2c(c1)C[C@@H](CCCCCN(C)CCCSCCCC(F)(F)C(F)(F)F)C1C2CC[C@@]2(C)C1C[C@@H](O)C21CC1. The minimum atomic E-state index is -5.46. The third kappa shape index (κ3) is 7.44. The zero-order valence-electron chi connectivity index (χ0n) is 27.6. The molecule has 3 fully saturated rings. The first-order chi connectivity index (χ1) is 21.7. The third-order valence-corrected chi connectivity index (χ3v) is 13.4. The number of fused-ring (bicyclic) bond motifs is 6. The number of esters is 1. The van der Waals surface area contributed by atoms with Crippen molar-refractivity contribution in [3.63, 3.8) is 0 Å². The molecule has 0 heterocycles. The first kappa shape index (κ1) is 35.9. The van der Waals surface area contributed by atoms with Crippen LogP contribution in [0, 0.1) is 28.6 Å². The number of nitrogens with zero attached hydrogens (tertiary/aromatic N) is 1. The first-order valence-corrected chi connectivity index (χ1v) is 18.5. The highest BCUT2D eigenvalue weighted by molar-refractivity contribution is 7.99. The van der Waals surface area contributed by atoms with Gasteiger partial charge in [0.15, 0.2) is 0 Å². The van der Waals surface area contributed by atoms with Crippen LogP contribution in [0.15, 0.2) is 18.2 Å². The lowest BCUT2D eigenvalue weighted by Crippen LogP contribution is -2.46. The van der Waals surface area contributed by atoms with E-state index >= 15 is 0 Å². The quantitative estimate of drug-likeness (QED) is 0.0872. The number of alkyl halides is 5. The number of halogens is 5. The molecule has 0 aliphatic heterocycles. The van der Waals surface area contributed by atoms with Crippen molar-refractivity contribution in [3.05, 3.63) is 29.3 Å². The average molecular weight is 674 g/mol. The largest absolute Gasteiger partial charge is 0.453 e. The number of hydrogen-bond donors (Lipinski definition) is 1. The highest BCUT2D eigenvalue weighted by atomic mass is 32.2. The molecule has 3 saturated carbocycles. The van der Waals surface area contributed by atoms with Gasteiger partial charge in [0.2, 0.25) is 0 Å². The van der Waals surface area contributed by atoms with Gasteiger partial charge in [-0.05, 0) is 148 Å². The van der Waals surface area contributed by atoms with E-state index < -0.39 is 18.5 Å². The van der Waals surface area contributed by atoms with Crippen LogP contribution in [0.25, 0.3) is 0 Å². The van der Waals surface area contributed by atoms with Crippen molar-refractivity contribution in [3.8, 4) is 5.75 Å². The normalized spacial score (nSPS) is 29.8. The predicted octanol–water partition coefficient (Wildman–Crippen LogP) is 9.04. The van der Waals surface area contributed by atoms with Crippen LogP contribution in [0.1, 0.15) is 108 Å². The van der Waals surface area contributed by atoms with Gasteiger partial charge in [0, 0.05) is 18.8 Å². The summed E-state index contributed by atoms with van der Waals surface area (Å²) in [5.74, 6) is -1.06.